The maximum atomic E-state index is 12.2. The summed E-state index contributed by atoms with van der Waals surface area (Å²) in [6.45, 7) is 7.51. The van der Waals surface area contributed by atoms with E-state index in [-0.39, 0.29) is 5.91 Å². The third-order valence-electron chi connectivity index (χ3n) is 4.02. The van der Waals surface area contributed by atoms with Crippen LogP contribution in [0.25, 0.3) is 10.9 Å². The van der Waals surface area contributed by atoms with E-state index in [4.69, 9.17) is 0 Å². The van der Waals surface area contributed by atoms with Crippen LogP contribution in [-0.2, 0) is 6.54 Å². The van der Waals surface area contributed by atoms with Gasteiger partial charge in [-0.05, 0) is 49.3 Å². The number of hydrogen-bond donors (Lipinski definition) is 1. The molecule has 2 aromatic rings. The molecule has 106 valence electrons. The molecule has 0 saturated heterocycles. The lowest BCUT2D eigenvalue weighted by molar-refractivity contribution is 0.0951. The van der Waals surface area contributed by atoms with Crippen molar-refractivity contribution in [1.29, 1.82) is 0 Å². The van der Waals surface area contributed by atoms with E-state index in [2.05, 4.69) is 42.8 Å². The maximum absolute atomic E-state index is 12.2. The summed E-state index contributed by atoms with van der Waals surface area (Å²) in [4.78, 5) is 12.2. The van der Waals surface area contributed by atoms with Crippen molar-refractivity contribution in [3.05, 3.63) is 35.5 Å². The van der Waals surface area contributed by atoms with Crippen molar-refractivity contribution in [2.45, 2.75) is 52.1 Å². The predicted molar refractivity (Wildman–Crippen MR) is 82.2 cm³/mol. The molecule has 0 unspecified atom stereocenters. The number of aromatic nitrogens is 1. The Kier molecular flexibility index (Phi) is 3.28. The van der Waals surface area contributed by atoms with Crippen molar-refractivity contribution in [2.24, 2.45) is 0 Å². The first kappa shape index (κ1) is 13.2. The second-order valence-electron chi connectivity index (χ2n) is 5.99. The Morgan fingerprint density at radius 1 is 1.35 bits per heavy atom. The summed E-state index contributed by atoms with van der Waals surface area (Å²) >= 11 is 0. The second-order valence-corrected chi connectivity index (χ2v) is 5.99. The molecule has 20 heavy (non-hydrogen) atoms. The molecule has 0 radical (unpaired) electrons. The van der Waals surface area contributed by atoms with E-state index in [1.54, 1.807) is 0 Å². The number of nitrogens with one attached hydrogen (secondary N) is 1. The van der Waals surface area contributed by atoms with Gasteiger partial charge in [-0.25, -0.2) is 0 Å². The molecule has 1 amide bonds. The van der Waals surface area contributed by atoms with Crippen molar-refractivity contribution < 1.29 is 4.79 Å². The lowest BCUT2D eigenvalue weighted by atomic mass is 10.1. The fourth-order valence-electron chi connectivity index (χ4n) is 2.74. The topological polar surface area (TPSA) is 34.0 Å². The molecular formula is C17H22N2O. The van der Waals surface area contributed by atoms with Gasteiger partial charge >= 0.3 is 0 Å². The van der Waals surface area contributed by atoms with Gasteiger partial charge in [0.2, 0.25) is 0 Å². The molecule has 0 bridgehead atoms. The number of amides is 1. The second kappa shape index (κ2) is 4.97. The molecule has 0 aliphatic heterocycles. The van der Waals surface area contributed by atoms with Gasteiger partial charge in [-0.3, -0.25) is 4.79 Å². The summed E-state index contributed by atoms with van der Waals surface area (Å²) in [6.07, 6.45) is 2.24. The monoisotopic (exact) mass is 270 g/mol. The van der Waals surface area contributed by atoms with Crippen LogP contribution in [-0.4, -0.2) is 16.5 Å². The quantitative estimate of drug-likeness (QED) is 0.903. The highest BCUT2D eigenvalue weighted by atomic mass is 16.1. The smallest absolute Gasteiger partial charge is 0.251 e. The fraction of sp³-hybridized carbons (Fsp3) is 0.471. The molecule has 1 heterocycles. The maximum Gasteiger partial charge on any atom is 0.251 e. The number of rotatable bonds is 4. The van der Waals surface area contributed by atoms with Crippen LogP contribution in [0.1, 0.15) is 55.6 Å². The minimum atomic E-state index is 0.0596. The Bertz CT molecular complexity index is 650. The first-order valence-corrected chi connectivity index (χ1v) is 7.54. The van der Waals surface area contributed by atoms with E-state index in [1.807, 2.05) is 12.1 Å². The summed E-state index contributed by atoms with van der Waals surface area (Å²) in [6, 6.07) is 8.68. The van der Waals surface area contributed by atoms with Crippen LogP contribution in [0.5, 0.6) is 0 Å². The van der Waals surface area contributed by atoms with Crippen LogP contribution >= 0.6 is 0 Å². The van der Waals surface area contributed by atoms with Gasteiger partial charge in [0.05, 0.1) is 0 Å². The lowest BCUT2D eigenvalue weighted by Gasteiger charge is -2.11. The number of benzene rings is 1. The number of fused-ring (bicyclic) bond motifs is 1. The van der Waals surface area contributed by atoms with Gasteiger partial charge in [-0.15, -0.1) is 0 Å². The number of carbonyl (C=O) groups excluding carboxylic acids is 1. The van der Waals surface area contributed by atoms with E-state index >= 15 is 0 Å². The van der Waals surface area contributed by atoms with Gasteiger partial charge < -0.3 is 9.88 Å². The number of aryl methyl sites for hydroxylation is 1. The van der Waals surface area contributed by atoms with E-state index in [9.17, 15) is 4.79 Å². The Morgan fingerprint density at radius 2 is 2.10 bits per heavy atom. The Labute approximate surface area is 120 Å². The van der Waals surface area contributed by atoms with Crippen LogP contribution in [0.3, 0.4) is 0 Å². The largest absolute Gasteiger partial charge is 0.349 e. The zero-order valence-corrected chi connectivity index (χ0v) is 12.4. The highest BCUT2D eigenvalue weighted by Crippen LogP contribution is 2.27. The molecular weight excluding hydrogens is 248 g/mol. The number of carbonyl (C=O) groups is 1. The highest BCUT2D eigenvalue weighted by molar-refractivity contribution is 5.98. The molecule has 1 aliphatic carbocycles. The van der Waals surface area contributed by atoms with Crippen molar-refractivity contribution in [2.75, 3.05) is 0 Å². The van der Waals surface area contributed by atoms with Gasteiger partial charge in [0.25, 0.3) is 5.91 Å². The molecule has 3 nitrogen and oxygen atoms in total. The van der Waals surface area contributed by atoms with Crippen LogP contribution in [0.15, 0.2) is 24.3 Å². The highest BCUT2D eigenvalue weighted by Gasteiger charge is 2.24. The molecule has 3 heteroatoms. The summed E-state index contributed by atoms with van der Waals surface area (Å²) in [5.41, 5.74) is 3.27. The Balaban J connectivity index is 2.02. The molecule has 1 aromatic carbocycles. The van der Waals surface area contributed by atoms with E-state index in [1.165, 1.54) is 16.6 Å². The molecule has 1 N–H and O–H groups in total. The van der Waals surface area contributed by atoms with E-state index in [0.29, 0.717) is 12.0 Å². The van der Waals surface area contributed by atoms with Crippen molar-refractivity contribution in [3.8, 4) is 0 Å². The zero-order valence-electron chi connectivity index (χ0n) is 12.4. The molecule has 1 fully saturated rings. The van der Waals surface area contributed by atoms with Gasteiger partial charge in [0, 0.05) is 29.4 Å². The first-order chi connectivity index (χ1) is 9.60. The predicted octanol–water partition coefficient (Wildman–Crippen LogP) is 3.68. The van der Waals surface area contributed by atoms with Gasteiger partial charge in [0.1, 0.15) is 0 Å². The molecule has 0 atom stereocenters. The third-order valence-corrected chi connectivity index (χ3v) is 4.02. The first-order valence-electron chi connectivity index (χ1n) is 7.54. The van der Waals surface area contributed by atoms with Crippen LogP contribution < -0.4 is 5.32 Å². The van der Waals surface area contributed by atoms with Gasteiger partial charge in [0.15, 0.2) is 0 Å². The Hall–Kier alpha value is -1.77. The minimum absolute atomic E-state index is 0.0596. The summed E-state index contributed by atoms with van der Waals surface area (Å²) in [7, 11) is 0. The minimum Gasteiger partial charge on any atom is -0.349 e. The van der Waals surface area contributed by atoms with E-state index < -0.39 is 0 Å². The van der Waals surface area contributed by atoms with Crippen LogP contribution in [0.4, 0.5) is 0 Å². The Morgan fingerprint density at radius 3 is 2.70 bits per heavy atom. The van der Waals surface area contributed by atoms with E-state index in [0.717, 1.165) is 24.9 Å². The molecule has 1 aliphatic rings. The standard InChI is InChI=1S/C17H22N2O/c1-4-19-15(11(2)3)9-12-5-6-13(10-16(12)19)17(20)18-14-7-8-14/h5-6,9-11,14H,4,7-8H2,1-3H3,(H,18,20). The zero-order chi connectivity index (χ0) is 14.3. The van der Waals surface area contributed by atoms with Crippen molar-refractivity contribution >= 4 is 16.8 Å². The van der Waals surface area contributed by atoms with Gasteiger partial charge in [-0.2, -0.15) is 0 Å². The average molecular weight is 270 g/mol. The van der Waals surface area contributed by atoms with Crippen molar-refractivity contribution in [1.82, 2.24) is 9.88 Å². The average Bonchev–Trinajstić information content (AvgIpc) is 3.15. The number of hydrogen-bond acceptors (Lipinski definition) is 1. The van der Waals surface area contributed by atoms with Crippen LogP contribution in [0.2, 0.25) is 0 Å². The summed E-state index contributed by atoms with van der Waals surface area (Å²) in [5, 5.41) is 4.27. The van der Waals surface area contributed by atoms with Crippen LogP contribution in [0, 0.1) is 0 Å². The summed E-state index contributed by atoms with van der Waals surface area (Å²) < 4.78 is 2.31. The normalized spacial score (nSPS) is 15.0. The molecule has 0 spiro atoms. The molecule has 1 aromatic heterocycles. The number of nitrogens with zero attached hydrogens (tertiary/aromatic N) is 1. The molecule has 3 rings (SSSR count). The van der Waals surface area contributed by atoms with Gasteiger partial charge in [-0.1, -0.05) is 19.9 Å². The fourth-order valence-corrected chi connectivity index (χ4v) is 2.74. The SMILES string of the molecule is CCn1c(C(C)C)cc2ccc(C(=O)NC3CC3)cc21. The van der Waals surface area contributed by atoms with Crippen molar-refractivity contribution in [3.63, 3.8) is 0 Å². The summed E-state index contributed by atoms with van der Waals surface area (Å²) in [5.74, 6) is 0.551. The lowest BCUT2D eigenvalue weighted by Crippen LogP contribution is -2.25. The molecule has 1 saturated carbocycles. The third kappa shape index (κ3) is 2.33.